The zero-order valence-electron chi connectivity index (χ0n) is 6.10. The van der Waals surface area contributed by atoms with Gasteiger partial charge in [-0.05, 0) is 18.8 Å². The van der Waals surface area contributed by atoms with Crippen LogP contribution in [0.15, 0.2) is 0 Å². The smallest absolute Gasteiger partial charge is 0.0895 e. The van der Waals surface area contributed by atoms with Crippen LogP contribution in [0.2, 0.25) is 0 Å². The van der Waals surface area contributed by atoms with Gasteiger partial charge in [0.05, 0.1) is 12.8 Å². The lowest BCUT2D eigenvalue weighted by Crippen LogP contribution is -2.14. The van der Waals surface area contributed by atoms with Crippen molar-refractivity contribution in [2.24, 2.45) is 5.92 Å². The second-order valence-electron chi connectivity index (χ2n) is 2.64. The van der Waals surface area contributed by atoms with Crippen LogP contribution in [-0.2, 0) is 0 Å². The quantitative estimate of drug-likeness (QED) is 0.621. The highest BCUT2D eigenvalue weighted by atomic mass is 19.1. The zero-order chi connectivity index (χ0) is 7.28. The van der Waals surface area contributed by atoms with Crippen LogP contribution in [-0.4, -0.2) is 17.9 Å². The molecule has 9 heavy (non-hydrogen) atoms. The minimum absolute atomic E-state index is 0.261. The average Bonchev–Trinajstić information content (AvgIpc) is 1.82. The van der Waals surface area contributed by atoms with Crippen molar-refractivity contribution in [3.05, 3.63) is 0 Å². The van der Waals surface area contributed by atoms with E-state index < -0.39 is 0 Å². The number of halogens is 1. The van der Waals surface area contributed by atoms with Gasteiger partial charge in [-0.2, -0.15) is 0 Å². The summed E-state index contributed by atoms with van der Waals surface area (Å²) in [6.07, 6.45) is 0.758. The van der Waals surface area contributed by atoms with Gasteiger partial charge in [0.1, 0.15) is 0 Å². The topological polar surface area (TPSA) is 20.2 Å². The van der Waals surface area contributed by atoms with Crippen molar-refractivity contribution in [3.63, 3.8) is 0 Å². The normalized spacial score (nSPS) is 14.3. The standard InChI is InChI=1S/C7H15FO/c1-6(2)7(9)4-3-5-8/h6-7,9H,3-5H2,1-2H3. The lowest BCUT2D eigenvalue weighted by molar-refractivity contribution is 0.111. The van der Waals surface area contributed by atoms with Crippen LogP contribution in [0, 0.1) is 5.92 Å². The molecule has 2 heteroatoms. The van der Waals surface area contributed by atoms with E-state index in [0.29, 0.717) is 12.8 Å². The Morgan fingerprint density at radius 2 is 2.00 bits per heavy atom. The summed E-state index contributed by atoms with van der Waals surface area (Å²) in [6.45, 7) is 3.55. The SMILES string of the molecule is CC(C)C(O)CCCF. The first kappa shape index (κ1) is 8.89. The van der Waals surface area contributed by atoms with E-state index >= 15 is 0 Å². The summed E-state index contributed by atoms with van der Waals surface area (Å²) < 4.78 is 11.5. The minimum Gasteiger partial charge on any atom is -0.393 e. The molecule has 0 heterocycles. The molecule has 0 rings (SSSR count). The van der Waals surface area contributed by atoms with Crippen LogP contribution >= 0.6 is 0 Å². The van der Waals surface area contributed by atoms with Crippen molar-refractivity contribution in [2.75, 3.05) is 6.67 Å². The molecule has 56 valence electrons. The summed E-state index contributed by atoms with van der Waals surface area (Å²) in [6, 6.07) is 0. The Balaban J connectivity index is 3.16. The first-order valence-electron chi connectivity index (χ1n) is 3.42. The summed E-state index contributed by atoms with van der Waals surface area (Å²) in [5.74, 6) is 0.261. The van der Waals surface area contributed by atoms with Gasteiger partial charge in [-0.3, -0.25) is 4.39 Å². The molecule has 1 atom stereocenters. The van der Waals surface area contributed by atoms with Crippen molar-refractivity contribution in [1.29, 1.82) is 0 Å². The Bertz CT molecular complexity index is 63.9. The first-order chi connectivity index (χ1) is 4.18. The number of rotatable bonds is 4. The van der Waals surface area contributed by atoms with Crippen LogP contribution < -0.4 is 0 Å². The molecule has 1 unspecified atom stereocenters. The molecule has 0 aliphatic rings. The number of aliphatic hydroxyl groups excluding tert-OH is 1. The van der Waals surface area contributed by atoms with Crippen molar-refractivity contribution < 1.29 is 9.50 Å². The summed E-state index contributed by atoms with van der Waals surface area (Å²) in [7, 11) is 0. The van der Waals surface area contributed by atoms with Gasteiger partial charge in [0.25, 0.3) is 0 Å². The van der Waals surface area contributed by atoms with Crippen LogP contribution in [0.25, 0.3) is 0 Å². The van der Waals surface area contributed by atoms with E-state index in [0.717, 1.165) is 0 Å². The molecule has 1 nitrogen and oxygen atoms in total. The van der Waals surface area contributed by atoms with Crippen LogP contribution in [0.5, 0.6) is 0 Å². The van der Waals surface area contributed by atoms with E-state index in [1.165, 1.54) is 0 Å². The number of aliphatic hydroxyl groups is 1. The van der Waals surface area contributed by atoms with Gasteiger partial charge < -0.3 is 5.11 Å². The molecule has 0 aromatic heterocycles. The second-order valence-corrected chi connectivity index (χ2v) is 2.64. The molecule has 0 fully saturated rings. The van der Waals surface area contributed by atoms with Gasteiger partial charge in [-0.1, -0.05) is 13.8 Å². The number of hydrogen-bond donors (Lipinski definition) is 1. The number of hydrogen-bond acceptors (Lipinski definition) is 1. The van der Waals surface area contributed by atoms with E-state index in [1.54, 1.807) is 0 Å². The fourth-order valence-electron chi connectivity index (χ4n) is 0.620. The molecular formula is C7H15FO. The average molecular weight is 134 g/mol. The molecule has 0 bridgehead atoms. The van der Waals surface area contributed by atoms with E-state index in [4.69, 9.17) is 5.11 Å². The van der Waals surface area contributed by atoms with Gasteiger partial charge in [0, 0.05) is 0 Å². The van der Waals surface area contributed by atoms with Gasteiger partial charge in [0.2, 0.25) is 0 Å². The maximum atomic E-state index is 11.5. The first-order valence-corrected chi connectivity index (χ1v) is 3.42. The monoisotopic (exact) mass is 134 g/mol. The lowest BCUT2D eigenvalue weighted by Gasteiger charge is -2.12. The highest BCUT2D eigenvalue weighted by molar-refractivity contribution is 4.58. The highest BCUT2D eigenvalue weighted by Gasteiger charge is 2.07. The van der Waals surface area contributed by atoms with Crippen molar-refractivity contribution in [3.8, 4) is 0 Å². The van der Waals surface area contributed by atoms with E-state index in [1.807, 2.05) is 13.8 Å². The third-order valence-electron chi connectivity index (χ3n) is 1.40. The van der Waals surface area contributed by atoms with E-state index in [-0.39, 0.29) is 18.7 Å². The summed E-state index contributed by atoms with van der Waals surface area (Å²) in [4.78, 5) is 0. The molecule has 0 aliphatic heterocycles. The third-order valence-corrected chi connectivity index (χ3v) is 1.40. The Labute approximate surface area is 55.9 Å². The molecule has 0 amide bonds. The Morgan fingerprint density at radius 1 is 1.44 bits per heavy atom. The Morgan fingerprint density at radius 3 is 2.33 bits per heavy atom. The van der Waals surface area contributed by atoms with Gasteiger partial charge >= 0.3 is 0 Å². The molecule has 0 radical (unpaired) electrons. The molecule has 0 saturated carbocycles. The Kier molecular flexibility index (Phi) is 4.68. The van der Waals surface area contributed by atoms with Crippen LogP contribution in [0.3, 0.4) is 0 Å². The van der Waals surface area contributed by atoms with Crippen molar-refractivity contribution in [2.45, 2.75) is 32.8 Å². The second kappa shape index (κ2) is 4.74. The maximum absolute atomic E-state index is 11.5. The maximum Gasteiger partial charge on any atom is 0.0895 e. The van der Waals surface area contributed by atoms with E-state index in [9.17, 15) is 4.39 Å². The molecule has 0 aliphatic carbocycles. The summed E-state index contributed by atoms with van der Waals surface area (Å²) in [5, 5.41) is 9.09. The summed E-state index contributed by atoms with van der Waals surface area (Å²) in [5.41, 5.74) is 0. The molecule has 0 aromatic rings. The van der Waals surface area contributed by atoms with Crippen LogP contribution in [0.4, 0.5) is 4.39 Å². The van der Waals surface area contributed by atoms with Crippen molar-refractivity contribution in [1.82, 2.24) is 0 Å². The molecule has 0 saturated heterocycles. The fourth-order valence-corrected chi connectivity index (χ4v) is 0.620. The Hall–Kier alpha value is -0.110. The minimum atomic E-state index is -0.319. The van der Waals surface area contributed by atoms with Crippen LogP contribution in [0.1, 0.15) is 26.7 Å². The van der Waals surface area contributed by atoms with Gasteiger partial charge in [0.15, 0.2) is 0 Å². The summed E-state index contributed by atoms with van der Waals surface area (Å²) >= 11 is 0. The fraction of sp³-hybridized carbons (Fsp3) is 1.00. The van der Waals surface area contributed by atoms with E-state index in [2.05, 4.69) is 0 Å². The molecular weight excluding hydrogens is 119 g/mol. The highest BCUT2D eigenvalue weighted by Crippen LogP contribution is 2.07. The van der Waals surface area contributed by atoms with Gasteiger partial charge in [-0.15, -0.1) is 0 Å². The lowest BCUT2D eigenvalue weighted by atomic mass is 10.0. The predicted octanol–water partition coefficient (Wildman–Crippen LogP) is 1.75. The zero-order valence-corrected chi connectivity index (χ0v) is 6.10. The van der Waals surface area contributed by atoms with Crippen molar-refractivity contribution >= 4 is 0 Å². The number of alkyl halides is 1. The predicted molar refractivity (Wildman–Crippen MR) is 36.1 cm³/mol. The third kappa shape index (κ3) is 4.40. The molecule has 1 N–H and O–H groups in total. The molecule has 0 spiro atoms. The van der Waals surface area contributed by atoms with Gasteiger partial charge in [-0.25, -0.2) is 0 Å². The molecule has 0 aromatic carbocycles. The largest absolute Gasteiger partial charge is 0.393 e.